The van der Waals surface area contributed by atoms with E-state index >= 15 is 0 Å². The van der Waals surface area contributed by atoms with Crippen LogP contribution in [0.2, 0.25) is 0 Å². The fourth-order valence-corrected chi connectivity index (χ4v) is 4.54. The SMILES string of the molecule is C#CCCC(NC1(c2ccccc2)CN(CC(=O)OCC)CCN(C(C)C(=O)OCC)C1)C(=O)OC. The van der Waals surface area contributed by atoms with Gasteiger partial charge in [-0.25, -0.2) is 0 Å². The average molecular weight is 502 g/mol. The number of hydrogen-bond donors (Lipinski definition) is 1. The maximum Gasteiger partial charge on any atom is 0.323 e. The molecule has 0 spiro atoms. The molecule has 3 atom stereocenters. The number of nitrogens with zero attached hydrogens (tertiary/aromatic N) is 2. The van der Waals surface area contributed by atoms with Crippen LogP contribution in [0.4, 0.5) is 0 Å². The Morgan fingerprint density at radius 2 is 1.78 bits per heavy atom. The van der Waals surface area contributed by atoms with E-state index in [1.54, 1.807) is 13.8 Å². The summed E-state index contributed by atoms with van der Waals surface area (Å²) < 4.78 is 15.6. The highest BCUT2D eigenvalue weighted by Gasteiger charge is 2.43. The molecule has 1 aromatic rings. The maximum absolute atomic E-state index is 12.8. The third-order valence-electron chi connectivity index (χ3n) is 6.34. The second-order valence-corrected chi connectivity index (χ2v) is 8.83. The number of carbonyl (C=O) groups is 3. The first-order valence-electron chi connectivity index (χ1n) is 12.4. The molecule has 1 aromatic carbocycles. The zero-order valence-corrected chi connectivity index (χ0v) is 21.8. The topological polar surface area (TPSA) is 97.4 Å². The molecule has 0 radical (unpaired) electrons. The average Bonchev–Trinajstić information content (AvgIpc) is 3.06. The third kappa shape index (κ3) is 8.05. The van der Waals surface area contributed by atoms with Crippen LogP contribution in [0, 0.1) is 12.3 Å². The van der Waals surface area contributed by atoms with Crippen LogP contribution in [-0.4, -0.2) is 92.8 Å². The summed E-state index contributed by atoms with van der Waals surface area (Å²) >= 11 is 0. The first-order valence-corrected chi connectivity index (χ1v) is 12.4. The fourth-order valence-electron chi connectivity index (χ4n) is 4.54. The van der Waals surface area contributed by atoms with Gasteiger partial charge in [-0.15, -0.1) is 12.3 Å². The molecule has 1 fully saturated rings. The Kier molecular flexibility index (Phi) is 11.9. The number of rotatable bonds is 12. The van der Waals surface area contributed by atoms with Gasteiger partial charge in [-0.05, 0) is 32.8 Å². The van der Waals surface area contributed by atoms with E-state index in [4.69, 9.17) is 20.6 Å². The molecular formula is C27H39N3O6. The lowest BCUT2D eigenvalue weighted by Gasteiger charge is -2.42. The normalized spacial score (nSPS) is 20.4. The van der Waals surface area contributed by atoms with Crippen molar-refractivity contribution in [1.29, 1.82) is 0 Å². The second kappa shape index (κ2) is 14.6. The van der Waals surface area contributed by atoms with Crippen molar-refractivity contribution in [2.24, 2.45) is 0 Å². The first-order chi connectivity index (χ1) is 17.3. The second-order valence-electron chi connectivity index (χ2n) is 8.83. The number of esters is 3. The zero-order valence-electron chi connectivity index (χ0n) is 21.8. The van der Waals surface area contributed by atoms with Crippen molar-refractivity contribution in [2.75, 3.05) is 53.0 Å². The van der Waals surface area contributed by atoms with Gasteiger partial charge < -0.3 is 14.2 Å². The number of terminal acetylenes is 1. The van der Waals surface area contributed by atoms with Crippen molar-refractivity contribution in [3.05, 3.63) is 35.9 Å². The van der Waals surface area contributed by atoms with Gasteiger partial charge in [0.1, 0.15) is 12.1 Å². The summed E-state index contributed by atoms with van der Waals surface area (Å²) in [7, 11) is 1.34. The molecule has 1 heterocycles. The van der Waals surface area contributed by atoms with Crippen molar-refractivity contribution < 1.29 is 28.6 Å². The molecule has 0 aliphatic carbocycles. The van der Waals surface area contributed by atoms with Crippen LogP contribution in [0.5, 0.6) is 0 Å². The van der Waals surface area contributed by atoms with E-state index in [0.717, 1.165) is 5.56 Å². The Bertz CT molecular complexity index is 903. The zero-order chi connectivity index (χ0) is 26.6. The first kappa shape index (κ1) is 29.3. The maximum atomic E-state index is 12.8. The van der Waals surface area contributed by atoms with Gasteiger partial charge in [0.15, 0.2) is 0 Å². The monoisotopic (exact) mass is 501 g/mol. The van der Waals surface area contributed by atoms with Gasteiger partial charge in [-0.1, -0.05) is 30.3 Å². The lowest BCUT2D eigenvalue weighted by Crippen LogP contribution is -2.61. The predicted octanol–water partition coefficient (Wildman–Crippen LogP) is 1.56. The Balaban J connectivity index is 2.56. The van der Waals surface area contributed by atoms with Gasteiger partial charge in [-0.3, -0.25) is 29.5 Å². The van der Waals surface area contributed by atoms with E-state index in [1.165, 1.54) is 7.11 Å². The minimum atomic E-state index is -0.835. The van der Waals surface area contributed by atoms with Gasteiger partial charge in [-0.2, -0.15) is 0 Å². The van der Waals surface area contributed by atoms with Crippen LogP contribution < -0.4 is 5.32 Å². The summed E-state index contributed by atoms with van der Waals surface area (Å²) in [6.45, 7) is 7.83. The van der Waals surface area contributed by atoms with Crippen molar-refractivity contribution in [1.82, 2.24) is 15.1 Å². The minimum absolute atomic E-state index is 0.0823. The van der Waals surface area contributed by atoms with E-state index in [2.05, 4.69) is 11.2 Å². The Labute approximate surface area is 214 Å². The molecule has 0 bridgehead atoms. The number of carbonyl (C=O) groups excluding carboxylic acids is 3. The van der Waals surface area contributed by atoms with Crippen LogP contribution in [-0.2, 0) is 34.1 Å². The highest BCUT2D eigenvalue weighted by molar-refractivity contribution is 5.76. The summed E-state index contributed by atoms with van der Waals surface area (Å²) in [6, 6.07) is 8.50. The van der Waals surface area contributed by atoms with Crippen LogP contribution in [0.1, 0.15) is 39.2 Å². The Morgan fingerprint density at radius 3 is 2.39 bits per heavy atom. The molecule has 1 saturated heterocycles. The van der Waals surface area contributed by atoms with E-state index in [0.29, 0.717) is 39.0 Å². The molecule has 9 heteroatoms. The van der Waals surface area contributed by atoms with Crippen LogP contribution >= 0.6 is 0 Å². The van der Waals surface area contributed by atoms with Gasteiger partial charge >= 0.3 is 17.9 Å². The van der Waals surface area contributed by atoms with Gasteiger partial charge in [0.2, 0.25) is 0 Å². The highest BCUT2D eigenvalue weighted by atomic mass is 16.5. The van der Waals surface area contributed by atoms with E-state index in [1.807, 2.05) is 47.1 Å². The summed E-state index contributed by atoms with van der Waals surface area (Å²) in [5.41, 5.74) is 0.0785. The lowest BCUT2D eigenvalue weighted by molar-refractivity contribution is -0.149. The quantitative estimate of drug-likeness (QED) is 0.260. The summed E-state index contributed by atoms with van der Waals surface area (Å²) in [6.07, 6.45) is 6.26. The molecule has 1 aliphatic rings. The van der Waals surface area contributed by atoms with Crippen molar-refractivity contribution >= 4 is 17.9 Å². The summed E-state index contributed by atoms with van der Waals surface area (Å²) in [4.78, 5) is 41.9. The molecule has 0 aromatic heterocycles. The number of methoxy groups -OCH3 is 1. The largest absolute Gasteiger partial charge is 0.468 e. The molecule has 2 rings (SSSR count). The molecule has 0 saturated carbocycles. The van der Waals surface area contributed by atoms with Crippen molar-refractivity contribution in [3.63, 3.8) is 0 Å². The van der Waals surface area contributed by atoms with Crippen molar-refractivity contribution in [2.45, 2.75) is 51.2 Å². The molecule has 3 unspecified atom stereocenters. The Hall–Kier alpha value is -2.93. The van der Waals surface area contributed by atoms with Crippen LogP contribution in [0.25, 0.3) is 0 Å². The molecule has 198 valence electrons. The standard InChI is InChI=1S/C27H39N3O6/c1-6-9-15-23(26(33)34-5)28-27(22-13-11-10-12-14-22)19-29(18-24(31)35-7-2)16-17-30(20-27)21(4)25(32)36-8-3/h1,10-14,21,23,28H,7-9,15-20H2,2-5H3. The van der Waals surface area contributed by atoms with Crippen LogP contribution in [0.3, 0.4) is 0 Å². The van der Waals surface area contributed by atoms with Gasteiger partial charge in [0.05, 0.1) is 32.4 Å². The highest BCUT2D eigenvalue weighted by Crippen LogP contribution is 2.29. The van der Waals surface area contributed by atoms with Crippen molar-refractivity contribution in [3.8, 4) is 12.3 Å². The number of benzene rings is 1. The number of hydrogen-bond acceptors (Lipinski definition) is 9. The summed E-state index contributed by atoms with van der Waals surface area (Å²) in [5, 5.41) is 3.54. The molecule has 1 aliphatic heterocycles. The Morgan fingerprint density at radius 1 is 1.08 bits per heavy atom. The molecule has 1 N–H and O–H groups in total. The number of nitrogens with one attached hydrogen (secondary N) is 1. The predicted molar refractivity (Wildman–Crippen MR) is 136 cm³/mol. The molecular weight excluding hydrogens is 462 g/mol. The molecule has 0 amide bonds. The molecule has 9 nitrogen and oxygen atoms in total. The molecule has 36 heavy (non-hydrogen) atoms. The van der Waals surface area contributed by atoms with Crippen LogP contribution in [0.15, 0.2) is 30.3 Å². The van der Waals surface area contributed by atoms with Gasteiger partial charge in [0, 0.05) is 32.6 Å². The number of ether oxygens (including phenoxy) is 3. The minimum Gasteiger partial charge on any atom is -0.468 e. The van der Waals surface area contributed by atoms with E-state index < -0.39 is 23.6 Å². The fraction of sp³-hybridized carbons (Fsp3) is 0.593. The summed E-state index contributed by atoms with van der Waals surface area (Å²) in [5.74, 6) is 1.51. The van der Waals surface area contributed by atoms with E-state index in [9.17, 15) is 14.4 Å². The smallest absolute Gasteiger partial charge is 0.323 e. The lowest BCUT2D eigenvalue weighted by atomic mass is 9.86. The van der Waals surface area contributed by atoms with E-state index in [-0.39, 0.29) is 31.7 Å². The van der Waals surface area contributed by atoms with Gasteiger partial charge in [0.25, 0.3) is 0 Å². The third-order valence-corrected chi connectivity index (χ3v) is 6.34.